The van der Waals surface area contributed by atoms with Gasteiger partial charge in [0.2, 0.25) is 5.91 Å². The van der Waals surface area contributed by atoms with E-state index in [1.165, 1.54) is 88.1 Å². The minimum atomic E-state index is -1.43. The van der Waals surface area contributed by atoms with Crippen molar-refractivity contribution in [2.75, 3.05) is 0 Å². The van der Waals surface area contributed by atoms with Crippen LogP contribution in [0.15, 0.2) is 30.3 Å². The largest absolute Gasteiger partial charge is 0.505 e. The van der Waals surface area contributed by atoms with E-state index in [0.29, 0.717) is 17.3 Å². The van der Waals surface area contributed by atoms with Crippen molar-refractivity contribution in [3.05, 3.63) is 62.6 Å². The van der Waals surface area contributed by atoms with Gasteiger partial charge in [0.25, 0.3) is 0 Å². The fraction of sp³-hybridized carbons (Fsp3) is 0.614. The molecular weight excluding hydrogens is 739 g/mol. The minimum Gasteiger partial charge on any atom is -0.505 e. The van der Waals surface area contributed by atoms with Crippen LogP contribution in [0, 0.1) is 52.3 Å². The quantitative estimate of drug-likeness (QED) is 0.122. The third-order valence-corrected chi connectivity index (χ3v) is 15.3. The first-order valence-corrected chi connectivity index (χ1v) is 20.7. The van der Waals surface area contributed by atoms with Gasteiger partial charge in [-0.15, -0.1) is 0 Å². The number of halogens is 2. The lowest BCUT2D eigenvalue weighted by atomic mass is 9.44. The van der Waals surface area contributed by atoms with Gasteiger partial charge in [0.15, 0.2) is 0 Å². The van der Waals surface area contributed by atoms with Crippen LogP contribution in [0.3, 0.4) is 0 Å². The van der Waals surface area contributed by atoms with Gasteiger partial charge in [0, 0.05) is 12.1 Å². The molecule has 0 heterocycles. The smallest absolute Gasteiger partial charge is 0.339 e. The highest BCUT2D eigenvalue weighted by atomic mass is 35.5. The van der Waals surface area contributed by atoms with Crippen molar-refractivity contribution in [1.82, 2.24) is 11.5 Å². The van der Waals surface area contributed by atoms with Crippen molar-refractivity contribution in [1.29, 1.82) is 0 Å². The zero-order valence-corrected chi connectivity index (χ0v) is 34.5. The Hall–Kier alpha value is -3.27. The monoisotopic (exact) mass is 798 g/mol. The summed E-state index contributed by atoms with van der Waals surface area (Å²) in [5.74, 6) is 0.606. The topological polar surface area (TPSA) is 179 Å². The summed E-state index contributed by atoms with van der Waals surface area (Å²) in [6, 6.07) is 4.90. The highest BCUT2D eigenvalue weighted by Gasteiger charge is 2.60. The number of hydrogen-bond acceptors (Lipinski definition) is 6. The van der Waals surface area contributed by atoms with Crippen LogP contribution in [-0.4, -0.2) is 44.3 Å². The van der Waals surface area contributed by atoms with Gasteiger partial charge in [-0.25, -0.2) is 9.59 Å². The molecule has 55 heavy (non-hydrogen) atoms. The number of rotatable bonds is 11. The number of benzene rings is 2. The Kier molecular flexibility index (Phi) is 13.0. The van der Waals surface area contributed by atoms with Gasteiger partial charge in [0.1, 0.15) is 22.6 Å². The molecule has 2 aromatic rings. The second-order valence-corrected chi connectivity index (χ2v) is 18.9. The number of aromatic hydroxyl groups is 2. The molecule has 0 bridgehead atoms. The van der Waals surface area contributed by atoms with E-state index in [4.69, 9.17) is 23.2 Å². The Balaban J connectivity index is 0.00000580. The van der Waals surface area contributed by atoms with Crippen molar-refractivity contribution in [3.8, 4) is 11.5 Å². The van der Waals surface area contributed by atoms with Gasteiger partial charge in [-0.1, -0.05) is 77.1 Å². The average Bonchev–Trinajstić information content (AvgIpc) is 3.46. The molecule has 11 heteroatoms. The molecule has 2 aromatic carbocycles. The van der Waals surface area contributed by atoms with E-state index >= 15 is 0 Å². The normalized spacial score (nSPS) is 30.3. The lowest BCUT2D eigenvalue weighted by molar-refractivity contribution is -0.125. The first-order chi connectivity index (χ1) is 25.4. The Morgan fingerprint density at radius 2 is 1.36 bits per heavy atom. The molecular formula is C44H60Cl2N2O7. The number of fused-ring (bicyclic) bond motifs is 5. The molecule has 4 saturated carbocycles. The molecule has 4 fully saturated rings. The van der Waals surface area contributed by atoms with Crippen molar-refractivity contribution in [2.24, 2.45) is 52.3 Å². The SMILES string of the molecule is CC(C)CCCC(C)C1CCC2C3CC[C@H]4C[C@@H](NC(=O)C=C(c5cc(Cl)c(O)c(C(=O)O)c5)c5cc(Cl)c(O)c(C(=O)O)c5)CC[C@]4(C)C3CC[C@]12C.N. The number of carbonyl (C=O) groups is 3. The zero-order valence-electron chi connectivity index (χ0n) is 33.0. The van der Waals surface area contributed by atoms with E-state index in [-0.39, 0.29) is 44.4 Å². The van der Waals surface area contributed by atoms with Crippen LogP contribution < -0.4 is 11.5 Å². The molecule has 9 nitrogen and oxygen atoms in total. The Morgan fingerprint density at radius 1 is 0.800 bits per heavy atom. The molecule has 302 valence electrons. The van der Waals surface area contributed by atoms with Gasteiger partial charge >= 0.3 is 11.9 Å². The van der Waals surface area contributed by atoms with Crippen LogP contribution in [0.1, 0.15) is 144 Å². The second kappa shape index (κ2) is 16.7. The number of hydrogen-bond donors (Lipinski definition) is 6. The third kappa shape index (κ3) is 8.26. The lowest BCUT2D eigenvalue weighted by Crippen LogP contribution is -2.55. The van der Waals surface area contributed by atoms with Crippen LogP contribution in [0.25, 0.3) is 5.57 Å². The van der Waals surface area contributed by atoms with Crippen molar-refractivity contribution in [3.63, 3.8) is 0 Å². The number of amides is 1. The summed E-state index contributed by atoms with van der Waals surface area (Å²) in [5.41, 5.74) is 0.152. The summed E-state index contributed by atoms with van der Waals surface area (Å²) in [6.07, 6.45) is 15.9. The van der Waals surface area contributed by atoms with E-state index in [0.717, 1.165) is 48.9 Å². The molecule has 0 radical (unpaired) electrons. The van der Waals surface area contributed by atoms with Gasteiger partial charge in [-0.3, -0.25) is 4.79 Å². The Bertz CT molecular complexity index is 1760. The Labute approximate surface area is 335 Å². The van der Waals surface area contributed by atoms with Crippen LogP contribution >= 0.6 is 23.2 Å². The summed E-state index contributed by atoms with van der Waals surface area (Å²) in [5, 5.41) is 42.8. The molecule has 1 amide bonds. The molecule has 0 aliphatic heterocycles. The number of phenols is 2. The maximum absolute atomic E-state index is 13.8. The highest BCUT2D eigenvalue weighted by Crippen LogP contribution is 2.68. The first kappa shape index (κ1) is 42.9. The van der Waals surface area contributed by atoms with Gasteiger partial charge in [-0.05, 0) is 151 Å². The van der Waals surface area contributed by atoms with Gasteiger partial charge in [-0.2, -0.15) is 0 Å². The van der Waals surface area contributed by atoms with Gasteiger partial charge < -0.3 is 31.9 Å². The predicted octanol–water partition coefficient (Wildman–Crippen LogP) is 11.0. The molecule has 0 spiro atoms. The molecule has 9 atom stereocenters. The van der Waals surface area contributed by atoms with E-state index in [1.54, 1.807) is 0 Å². The summed E-state index contributed by atoms with van der Waals surface area (Å²) >= 11 is 12.5. The maximum atomic E-state index is 13.8. The fourth-order valence-corrected chi connectivity index (χ4v) is 12.4. The summed E-state index contributed by atoms with van der Waals surface area (Å²) in [7, 11) is 0. The molecule has 5 unspecified atom stereocenters. The number of carboxylic acid groups (broad SMARTS) is 2. The number of nitrogens with one attached hydrogen (secondary N) is 1. The van der Waals surface area contributed by atoms with Crippen LogP contribution in [0.5, 0.6) is 11.5 Å². The molecule has 4 aliphatic carbocycles. The van der Waals surface area contributed by atoms with E-state index in [1.807, 2.05) is 0 Å². The summed E-state index contributed by atoms with van der Waals surface area (Å²) < 4.78 is 0. The number of aromatic carboxylic acids is 2. The first-order valence-electron chi connectivity index (χ1n) is 20.0. The number of carboxylic acids is 2. The third-order valence-electron chi connectivity index (χ3n) is 14.7. The highest BCUT2D eigenvalue weighted by molar-refractivity contribution is 6.33. The van der Waals surface area contributed by atoms with E-state index in [2.05, 4.69) is 39.9 Å². The molecule has 0 saturated heterocycles. The zero-order chi connectivity index (χ0) is 39.3. The van der Waals surface area contributed by atoms with Crippen molar-refractivity contribution >= 4 is 46.6 Å². The lowest BCUT2D eigenvalue weighted by Gasteiger charge is -2.61. The molecule has 4 aliphatic rings. The predicted molar refractivity (Wildman–Crippen MR) is 217 cm³/mol. The van der Waals surface area contributed by atoms with Crippen molar-refractivity contribution < 1.29 is 34.8 Å². The summed E-state index contributed by atoms with van der Waals surface area (Å²) in [4.78, 5) is 37.8. The molecule has 8 N–H and O–H groups in total. The maximum Gasteiger partial charge on any atom is 0.339 e. The fourth-order valence-electron chi connectivity index (χ4n) is 12.0. The molecule has 6 rings (SSSR count). The standard InChI is InChI=1S/C44H57Cl2NO7.H3N/c1-23(2)7-6-8-24(3)33-11-12-34-29-10-9-27-21-28(13-15-43(27,4)35(29)14-16-44(33,34)5)47-38(48)22-30(25-17-31(41(51)52)39(49)36(45)19-25)26-18-32(42(53)54)40(50)37(46)20-26;/h17-20,22-24,27-29,33-35,49-50H,6-16,21H2,1-5H3,(H,47,48)(H,51,52)(H,53,54);1H3/t24?,27-,28-,29?,33?,34?,35?,43-,44+;/m0./s1. The molecule has 0 aromatic heterocycles. The van der Waals surface area contributed by atoms with Gasteiger partial charge in [0.05, 0.1) is 10.0 Å². The van der Waals surface area contributed by atoms with E-state index in [9.17, 15) is 34.8 Å². The van der Waals surface area contributed by atoms with Crippen LogP contribution in [0.2, 0.25) is 10.0 Å². The number of carbonyl (C=O) groups excluding carboxylic acids is 1. The summed E-state index contributed by atoms with van der Waals surface area (Å²) in [6.45, 7) is 12.3. The van der Waals surface area contributed by atoms with Crippen molar-refractivity contribution in [2.45, 2.75) is 118 Å². The average molecular weight is 800 g/mol. The van der Waals surface area contributed by atoms with Crippen LogP contribution in [-0.2, 0) is 4.79 Å². The van der Waals surface area contributed by atoms with E-state index < -0.39 is 40.5 Å². The Morgan fingerprint density at radius 3 is 1.93 bits per heavy atom. The minimum absolute atomic E-state index is 0. The van der Waals surface area contributed by atoms with Crippen LogP contribution in [0.4, 0.5) is 0 Å². The second-order valence-electron chi connectivity index (χ2n) is 18.0.